The summed E-state index contributed by atoms with van der Waals surface area (Å²) in [6, 6.07) is 5.41. The summed E-state index contributed by atoms with van der Waals surface area (Å²) in [5, 5.41) is 28.9. The van der Waals surface area contributed by atoms with Gasteiger partial charge in [0.1, 0.15) is 0 Å². The van der Waals surface area contributed by atoms with Crippen LogP contribution >= 0.6 is 46.4 Å². The third-order valence-electron chi connectivity index (χ3n) is 2.82. The van der Waals surface area contributed by atoms with Crippen LogP contribution < -0.4 is 5.73 Å². The average molecular weight is 414 g/mol. The van der Waals surface area contributed by atoms with Gasteiger partial charge >= 0.3 is 0 Å². The van der Waals surface area contributed by atoms with Crippen LogP contribution in [0.2, 0.25) is 20.1 Å². The van der Waals surface area contributed by atoms with Gasteiger partial charge in [0.05, 0.1) is 28.2 Å². The Bertz CT molecular complexity index is 710. The normalized spacial score (nSPS) is 10.1. The zero-order valence-electron chi connectivity index (χ0n) is 12.0. The second-order valence-electron chi connectivity index (χ2n) is 4.42. The van der Waals surface area contributed by atoms with Crippen molar-refractivity contribution in [2.45, 2.75) is 13.2 Å². The first kappa shape index (κ1) is 20.8. The summed E-state index contributed by atoms with van der Waals surface area (Å²) in [5.41, 5.74) is 6.56. The fraction of sp³-hybridized carbons (Fsp3) is 0.143. The fourth-order valence-corrected chi connectivity index (χ4v) is 2.84. The van der Waals surface area contributed by atoms with Gasteiger partial charge in [-0.2, -0.15) is 0 Å². The molecule has 0 aliphatic heterocycles. The lowest BCUT2D eigenvalue weighted by Gasteiger charge is -2.03. The molecular weight excluding hydrogens is 402 g/mol. The third kappa shape index (κ3) is 5.37. The van der Waals surface area contributed by atoms with Gasteiger partial charge in [-0.15, -0.1) is 0 Å². The maximum Gasteiger partial charge on any atom is 0.272 e. The molecule has 0 spiro atoms. The van der Waals surface area contributed by atoms with E-state index in [-0.39, 0.29) is 28.9 Å². The lowest BCUT2D eigenvalue weighted by Crippen LogP contribution is -1.92. The SMILES string of the molecule is Nc1cc(Cl)c(CO)c(Cl)c1.O=[N+]([O-])c1cc(Cl)c(CO)c(Cl)c1. The van der Waals surface area contributed by atoms with E-state index in [1.54, 1.807) is 12.1 Å². The number of nitrogens with zero attached hydrogens (tertiary/aromatic N) is 1. The Hall–Kier alpha value is -1.28. The quantitative estimate of drug-likeness (QED) is 0.390. The first-order valence-corrected chi connectivity index (χ1v) is 7.79. The molecule has 130 valence electrons. The summed E-state index contributed by atoms with van der Waals surface area (Å²) in [4.78, 5) is 9.73. The van der Waals surface area contributed by atoms with Crippen LogP contribution in [0.25, 0.3) is 0 Å². The Morgan fingerprint density at radius 1 is 0.875 bits per heavy atom. The van der Waals surface area contributed by atoms with Crippen molar-refractivity contribution in [3.63, 3.8) is 0 Å². The molecule has 0 atom stereocenters. The first-order chi connectivity index (χ1) is 11.2. The van der Waals surface area contributed by atoms with Gasteiger partial charge in [0.15, 0.2) is 0 Å². The highest BCUT2D eigenvalue weighted by molar-refractivity contribution is 6.36. The predicted octanol–water partition coefficient (Wildman–Crippen LogP) is 4.46. The number of benzene rings is 2. The van der Waals surface area contributed by atoms with E-state index in [1.807, 2.05) is 0 Å². The molecule has 0 heterocycles. The van der Waals surface area contributed by atoms with Crippen molar-refractivity contribution < 1.29 is 15.1 Å². The first-order valence-electron chi connectivity index (χ1n) is 6.28. The van der Waals surface area contributed by atoms with Crippen LogP contribution in [-0.2, 0) is 13.2 Å². The number of rotatable bonds is 3. The van der Waals surface area contributed by atoms with Crippen LogP contribution in [0, 0.1) is 10.1 Å². The Morgan fingerprint density at radius 3 is 1.50 bits per heavy atom. The highest BCUT2D eigenvalue weighted by Gasteiger charge is 2.13. The largest absolute Gasteiger partial charge is 0.399 e. The van der Waals surface area contributed by atoms with Crippen molar-refractivity contribution in [1.82, 2.24) is 0 Å². The van der Waals surface area contributed by atoms with E-state index >= 15 is 0 Å². The summed E-state index contributed by atoms with van der Waals surface area (Å²) in [7, 11) is 0. The van der Waals surface area contributed by atoms with Gasteiger partial charge in [-0.1, -0.05) is 46.4 Å². The minimum Gasteiger partial charge on any atom is -0.399 e. The maximum atomic E-state index is 10.3. The number of nitro groups is 1. The average Bonchev–Trinajstić information content (AvgIpc) is 2.46. The smallest absolute Gasteiger partial charge is 0.272 e. The Morgan fingerprint density at radius 2 is 1.21 bits per heavy atom. The number of hydrogen-bond donors (Lipinski definition) is 3. The molecule has 0 saturated heterocycles. The van der Waals surface area contributed by atoms with Crippen LogP contribution in [-0.4, -0.2) is 15.1 Å². The van der Waals surface area contributed by atoms with Crippen LogP contribution in [0.3, 0.4) is 0 Å². The van der Waals surface area contributed by atoms with Crippen molar-refractivity contribution in [2.24, 2.45) is 0 Å². The van der Waals surface area contributed by atoms with E-state index in [9.17, 15) is 10.1 Å². The molecule has 0 aliphatic rings. The minimum absolute atomic E-state index is 0.0988. The summed E-state index contributed by atoms with van der Waals surface area (Å²) < 4.78 is 0. The molecule has 10 heteroatoms. The summed E-state index contributed by atoms with van der Waals surface area (Å²) >= 11 is 22.7. The van der Waals surface area contributed by atoms with E-state index in [0.29, 0.717) is 26.9 Å². The summed E-state index contributed by atoms with van der Waals surface area (Å²) in [6.07, 6.45) is 0. The van der Waals surface area contributed by atoms with Crippen molar-refractivity contribution in [1.29, 1.82) is 0 Å². The molecule has 0 bridgehead atoms. The lowest BCUT2D eigenvalue weighted by atomic mass is 10.2. The van der Waals surface area contributed by atoms with Crippen molar-refractivity contribution in [2.75, 3.05) is 5.73 Å². The van der Waals surface area contributed by atoms with Gasteiger partial charge in [0.2, 0.25) is 0 Å². The number of aliphatic hydroxyl groups is 2. The highest BCUT2D eigenvalue weighted by atomic mass is 35.5. The zero-order chi connectivity index (χ0) is 18.4. The van der Waals surface area contributed by atoms with Gasteiger partial charge < -0.3 is 15.9 Å². The monoisotopic (exact) mass is 412 g/mol. The number of anilines is 1. The lowest BCUT2D eigenvalue weighted by molar-refractivity contribution is -0.384. The molecule has 4 N–H and O–H groups in total. The van der Waals surface area contributed by atoms with Gasteiger partial charge in [0.25, 0.3) is 5.69 Å². The third-order valence-corrected chi connectivity index (χ3v) is 4.17. The van der Waals surface area contributed by atoms with Crippen LogP contribution in [0.1, 0.15) is 11.1 Å². The molecule has 0 fully saturated rings. The van der Waals surface area contributed by atoms with Crippen molar-refractivity contribution in [3.8, 4) is 0 Å². The molecule has 0 amide bonds. The van der Waals surface area contributed by atoms with Gasteiger partial charge in [-0.25, -0.2) is 0 Å². The number of nitrogens with two attached hydrogens (primary N) is 1. The highest BCUT2D eigenvalue weighted by Crippen LogP contribution is 2.30. The van der Waals surface area contributed by atoms with Gasteiger partial charge in [-0.3, -0.25) is 10.1 Å². The van der Waals surface area contributed by atoms with E-state index in [0.717, 1.165) is 12.1 Å². The van der Waals surface area contributed by atoms with Crippen molar-refractivity contribution in [3.05, 3.63) is 65.6 Å². The second kappa shape index (κ2) is 9.27. The minimum atomic E-state index is -0.598. The Kier molecular flexibility index (Phi) is 8.02. The molecule has 2 rings (SSSR count). The molecule has 0 unspecified atom stereocenters. The van der Waals surface area contributed by atoms with Crippen molar-refractivity contribution >= 4 is 57.8 Å². The predicted molar refractivity (Wildman–Crippen MR) is 95.8 cm³/mol. The fourth-order valence-electron chi connectivity index (χ4n) is 1.62. The number of nitro benzene ring substituents is 1. The standard InChI is InChI=1S/C7H5Cl2NO3.C7H7Cl2NO/c8-6-1-4(10(12)13)2-7(9)5(6)3-11;8-6-1-4(10)2-7(9)5(6)3-11/h1-2,11H,3H2;1-2,11H,3,10H2. The number of nitrogen functional groups attached to an aromatic ring is 1. The summed E-state index contributed by atoms with van der Waals surface area (Å²) in [6.45, 7) is -0.506. The molecule has 2 aromatic rings. The molecule has 6 nitrogen and oxygen atoms in total. The van der Waals surface area contributed by atoms with Gasteiger partial charge in [0, 0.05) is 39.0 Å². The molecule has 2 aromatic carbocycles. The maximum absolute atomic E-state index is 10.3. The zero-order valence-corrected chi connectivity index (χ0v) is 15.0. The number of aliphatic hydroxyl groups excluding tert-OH is 2. The molecule has 0 saturated carbocycles. The van der Waals surface area contributed by atoms with E-state index in [1.165, 1.54) is 0 Å². The number of non-ortho nitro benzene ring substituents is 1. The molecule has 0 aromatic heterocycles. The molecular formula is C14H12Cl4N2O4. The van der Waals surface area contributed by atoms with Crippen LogP contribution in [0.15, 0.2) is 24.3 Å². The number of hydrogen-bond acceptors (Lipinski definition) is 5. The van der Waals surface area contributed by atoms with E-state index in [2.05, 4.69) is 0 Å². The molecule has 24 heavy (non-hydrogen) atoms. The number of halogens is 4. The topological polar surface area (TPSA) is 110 Å². The van der Waals surface area contributed by atoms with E-state index < -0.39 is 4.92 Å². The second-order valence-corrected chi connectivity index (χ2v) is 6.05. The summed E-state index contributed by atoms with van der Waals surface area (Å²) in [5.74, 6) is 0. The van der Waals surface area contributed by atoms with Crippen LogP contribution in [0.5, 0.6) is 0 Å². The van der Waals surface area contributed by atoms with Gasteiger partial charge in [-0.05, 0) is 12.1 Å². The van der Waals surface area contributed by atoms with E-state index in [4.69, 9.17) is 62.4 Å². The molecule has 0 radical (unpaired) electrons. The molecule has 0 aliphatic carbocycles. The Labute approximate surface area is 157 Å². The Balaban J connectivity index is 0.000000243. The van der Waals surface area contributed by atoms with Crippen LogP contribution in [0.4, 0.5) is 11.4 Å².